The fourth-order valence-electron chi connectivity index (χ4n) is 6.43. The molecule has 2 aromatic carbocycles. The highest BCUT2D eigenvalue weighted by Gasteiger charge is 2.37. The number of rotatable bonds is 5. The highest BCUT2D eigenvalue weighted by molar-refractivity contribution is 6.06. The monoisotopic (exact) mass is 1070 g/mol. The summed E-state index contributed by atoms with van der Waals surface area (Å²) in [6, 6.07) is 22.4. The molecule has 0 aliphatic heterocycles. The van der Waals surface area contributed by atoms with Gasteiger partial charge in [-0.1, -0.05) is 87.0 Å². The molecule has 0 fully saturated rings. The van der Waals surface area contributed by atoms with Gasteiger partial charge in [0.15, 0.2) is 0 Å². The Kier molecular flexibility index (Phi) is 33.4. The third-order valence-electron chi connectivity index (χ3n) is 9.73. The molecule has 0 bridgehead atoms. The van der Waals surface area contributed by atoms with Gasteiger partial charge in [-0.15, -0.1) is 0 Å². The predicted octanol–water partition coefficient (Wildman–Crippen LogP) is 11.6. The van der Waals surface area contributed by atoms with Gasteiger partial charge in [0.25, 0.3) is 29.5 Å². The van der Waals surface area contributed by atoms with Crippen LogP contribution in [0.3, 0.4) is 0 Å². The van der Waals surface area contributed by atoms with Crippen molar-refractivity contribution < 1.29 is 50.3 Å². The van der Waals surface area contributed by atoms with Crippen molar-refractivity contribution in [2.24, 2.45) is 0 Å². The van der Waals surface area contributed by atoms with Crippen LogP contribution in [0.15, 0.2) is 110 Å². The zero-order chi connectivity index (χ0) is 52.3. The van der Waals surface area contributed by atoms with Crippen LogP contribution in [0, 0.1) is 27.7 Å². The minimum absolute atomic E-state index is 0. The van der Waals surface area contributed by atoms with Crippen LogP contribution in [0.25, 0.3) is 21.7 Å². The summed E-state index contributed by atoms with van der Waals surface area (Å²) in [5.41, 5.74) is 1.89. The van der Waals surface area contributed by atoms with Crippen LogP contribution in [0.1, 0.15) is 130 Å². The average Bonchev–Trinajstić information content (AvgIpc) is 3.35. The standard InChI is InChI=1S/2C11H10N2O.C10H11F3N2O.C9H12N2O.C8H7F3N2O.6CH4/c1-12-11(14)9-6-7-13-10-5-3-2-4-8(9)10;1-12-11(14)10-9-5-3-2-4-8(9)6-7-13-10;1-5-4-7(10(11,12)13)8(6(2)15-5)9(16)14-3;1-6-4-5-11-7(2)8(6)9(12)10-3;1-12-7(14)5-4-13-3-2-6(5)8(9,10)11;;;;;;/h2*2-7H,1H3,(H,12,14);4H,1-3H3,(H,14,16);4-5H,1-3H3,(H,10,12);2-4H,1H3,(H,12,14);6*1H4. The molecule has 5 heterocycles. The van der Waals surface area contributed by atoms with Crippen molar-refractivity contribution in [2.45, 2.75) is 84.6 Å². The summed E-state index contributed by atoms with van der Waals surface area (Å²) in [6.45, 7) is 6.57. The van der Waals surface area contributed by atoms with Crippen molar-refractivity contribution >= 4 is 51.2 Å². The Morgan fingerprint density at radius 2 is 0.947 bits per heavy atom. The fraction of sp³-hybridized carbons (Fsp3) is 0.309. The number of benzene rings is 2. The number of carbonyl (C=O) groups is 5. The quantitative estimate of drug-likeness (QED) is 0.103. The van der Waals surface area contributed by atoms with E-state index in [1.807, 2.05) is 74.5 Å². The first-order valence-corrected chi connectivity index (χ1v) is 20.8. The topological polar surface area (TPSA) is 210 Å². The summed E-state index contributed by atoms with van der Waals surface area (Å²) in [6.07, 6.45) is -2.21. The number of fused-ring (bicyclic) bond motifs is 2. The second-order valence-corrected chi connectivity index (χ2v) is 14.4. The minimum Gasteiger partial charge on any atom is -0.355 e. The summed E-state index contributed by atoms with van der Waals surface area (Å²) >= 11 is 0. The van der Waals surface area contributed by atoms with E-state index in [1.54, 1.807) is 45.8 Å². The zero-order valence-corrected chi connectivity index (χ0v) is 39.4. The van der Waals surface area contributed by atoms with E-state index in [1.165, 1.54) is 27.9 Å². The van der Waals surface area contributed by atoms with Crippen LogP contribution in [0.5, 0.6) is 0 Å². The van der Waals surface area contributed by atoms with Crippen LogP contribution < -0.4 is 26.6 Å². The lowest BCUT2D eigenvalue weighted by Gasteiger charge is -2.14. The van der Waals surface area contributed by atoms with E-state index in [4.69, 9.17) is 0 Å². The lowest BCUT2D eigenvalue weighted by atomic mass is 10.0. The van der Waals surface area contributed by atoms with Gasteiger partial charge in [0.05, 0.1) is 50.3 Å². The number of para-hydroxylation sites is 1. The number of pyridine rings is 5. The summed E-state index contributed by atoms with van der Waals surface area (Å²) in [7, 11) is 7.38. The zero-order valence-electron chi connectivity index (χ0n) is 39.4. The van der Waals surface area contributed by atoms with Crippen LogP contribution in [0.4, 0.5) is 26.3 Å². The minimum atomic E-state index is -4.56. The molecule has 21 heteroatoms. The van der Waals surface area contributed by atoms with Crippen molar-refractivity contribution in [3.63, 3.8) is 0 Å². The lowest BCUT2D eigenvalue weighted by Crippen LogP contribution is -2.24. The first-order chi connectivity index (χ1) is 33.0. The van der Waals surface area contributed by atoms with E-state index in [2.05, 4.69) is 51.5 Å². The number of aryl methyl sites for hydroxylation is 4. The molecule has 0 spiro atoms. The van der Waals surface area contributed by atoms with Crippen molar-refractivity contribution in [2.75, 3.05) is 35.2 Å². The molecule has 5 N–H and O–H groups in total. The number of aromatic nitrogens is 5. The number of hydrogen-bond donors (Lipinski definition) is 5. The molecule has 416 valence electrons. The largest absolute Gasteiger partial charge is 0.417 e. The predicted molar refractivity (Wildman–Crippen MR) is 292 cm³/mol. The van der Waals surface area contributed by atoms with Gasteiger partial charge in [-0.05, 0) is 75.0 Å². The lowest BCUT2D eigenvalue weighted by molar-refractivity contribution is -0.138. The summed E-state index contributed by atoms with van der Waals surface area (Å²) < 4.78 is 75.1. The number of nitrogens with one attached hydrogen (secondary N) is 5. The Balaban J connectivity index is -0.000000419. The molecule has 0 unspecified atom stereocenters. The van der Waals surface area contributed by atoms with Gasteiger partial charge in [0, 0.05) is 82.7 Å². The number of hydrogen-bond acceptors (Lipinski definition) is 10. The molecule has 0 saturated heterocycles. The van der Waals surface area contributed by atoms with Crippen LogP contribution in [-0.4, -0.2) is 89.7 Å². The molecule has 76 heavy (non-hydrogen) atoms. The third kappa shape index (κ3) is 20.2. The summed E-state index contributed by atoms with van der Waals surface area (Å²) in [4.78, 5) is 76.3. The SMILES string of the molecule is C.C.C.C.C.C.CNC(=O)c1c(C(F)(F)F)cc(C)nc1C.CNC(=O)c1c(C)ccnc1C.CNC(=O)c1ccnc2ccccc12.CNC(=O)c1cnccc1C(F)(F)F.CNC(=O)c1nccc2ccccc12. The van der Waals surface area contributed by atoms with Gasteiger partial charge in [-0.3, -0.25) is 48.9 Å². The van der Waals surface area contributed by atoms with Gasteiger partial charge in [-0.25, -0.2) is 0 Å². The molecule has 0 aliphatic rings. The van der Waals surface area contributed by atoms with E-state index in [0.717, 1.165) is 57.5 Å². The van der Waals surface area contributed by atoms with Gasteiger partial charge in [-0.2, -0.15) is 26.3 Å². The number of amides is 5. The van der Waals surface area contributed by atoms with Gasteiger partial charge < -0.3 is 26.6 Å². The molecule has 0 radical (unpaired) electrons. The molecule has 7 rings (SSSR count). The molecular weight excluding hydrogens is 995 g/mol. The molecule has 5 aromatic heterocycles. The highest BCUT2D eigenvalue weighted by Crippen LogP contribution is 2.34. The maximum absolute atomic E-state index is 12.7. The Labute approximate surface area is 443 Å². The van der Waals surface area contributed by atoms with Gasteiger partial charge in [0.2, 0.25) is 0 Å². The molecule has 5 amide bonds. The number of alkyl halides is 6. The van der Waals surface area contributed by atoms with Gasteiger partial charge in [0.1, 0.15) is 5.69 Å². The van der Waals surface area contributed by atoms with E-state index < -0.39 is 46.4 Å². The summed E-state index contributed by atoms with van der Waals surface area (Å²) in [5.74, 6) is -1.88. The van der Waals surface area contributed by atoms with Crippen LogP contribution >= 0.6 is 0 Å². The van der Waals surface area contributed by atoms with E-state index >= 15 is 0 Å². The number of halogens is 6. The van der Waals surface area contributed by atoms with E-state index in [9.17, 15) is 50.3 Å². The second kappa shape index (κ2) is 34.2. The number of carbonyl (C=O) groups excluding carboxylic acids is 5. The van der Waals surface area contributed by atoms with Crippen LogP contribution in [-0.2, 0) is 12.4 Å². The van der Waals surface area contributed by atoms with E-state index in [0.29, 0.717) is 16.8 Å². The molecular formula is C55H74F6N10O5. The molecule has 7 aromatic rings. The van der Waals surface area contributed by atoms with Crippen molar-refractivity contribution in [3.8, 4) is 0 Å². The van der Waals surface area contributed by atoms with Crippen molar-refractivity contribution in [3.05, 3.63) is 172 Å². The second-order valence-electron chi connectivity index (χ2n) is 14.4. The summed E-state index contributed by atoms with van der Waals surface area (Å²) in [5, 5.41) is 14.8. The average molecular weight is 1070 g/mol. The number of nitrogens with zero attached hydrogens (tertiary/aromatic N) is 5. The maximum atomic E-state index is 12.7. The molecule has 0 saturated carbocycles. The first kappa shape index (κ1) is 74.2. The highest BCUT2D eigenvalue weighted by atomic mass is 19.4. The Bertz CT molecular complexity index is 2850. The molecule has 0 aliphatic carbocycles. The third-order valence-corrected chi connectivity index (χ3v) is 9.73. The van der Waals surface area contributed by atoms with E-state index in [-0.39, 0.29) is 73.7 Å². The Morgan fingerprint density at radius 1 is 0.461 bits per heavy atom. The Morgan fingerprint density at radius 3 is 1.49 bits per heavy atom. The van der Waals surface area contributed by atoms with Crippen LogP contribution in [0.2, 0.25) is 0 Å². The van der Waals surface area contributed by atoms with Gasteiger partial charge >= 0.3 is 12.4 Å². The molecule has 15 nitrogen and oxygen atoms in total. The fourth-order valence-corrected chi connectivity index (χ4v) is 6.43. The smallest absolute Gasteiger partial charge is 0.355 e. The first-order valence-electron chi connectivity index (χ1n) is 20.8. The Hall–Kier alpha value is -8.36. The normalized spacial score (nSPS) is 9.67. The van der Waals surface area contributed by atoms with Crippen molar-refractivity contribution in [1.29, 1.82) is 0 Å². The molecule has 0 atom stereocenters. The van der Waals surface area contributed by atoms with Crippen molar-refractivity contribution in [1.82, 2.24) is 51.5 Å². The maximum Gasteiger partial charge on any atom is 0.417 e.